The molecule has 1 aliphatic carbocycles. The van der Waals surface area contributed by atoms with Crippen LogP contribution < -0.4 is 5.73 Å². The first-order chi connectivity index (χ1) is 8.21. The molecule has 1 fully saturated rings. The van der Waals surface area contributed by atoms with Gasteiger partial charge in [0, 0.05) is 5.69 Å². The molecule has 98 valence electrons. The van der Waals surface area contributed by atoms with Gasteiger partial charge in [0.2, 0.25) is 0 Å². The molecule has 0 bridgehead atoms. The van der Waals surface area contributed by atoms with Gasteiger partial charge in [-0.15, -0.1) is 12.4 Å². The van der Waals surface area contributed by atoms with Crippen LogP contribution >= 0.6 is 12.4 Å². The standard InChI is InChI=1S/C11H15N5O.ClH/c1-2-7-6-8(15-14-7)9-13-10(16-17-9)11(12)4-3-5-11;/h6H,2-5,12H2,1H3,(H,14,15);1H. The Kier molecular flexibility index (Phi) is 3.41. The van der Waals surface area contributed by atoms with Crippen LogP contribution in [0.15, 0.2) is 10.6 Å². The van der Waals surface area contributed by atoms with Gasteiger partial charge in [-0.05, 0) is 31.7 Å². The zero-order valence-corrected chi connectivity index (χ0v) is 11.0. The SMILES string of the molecule is CCc1cc(-c2nc(C3(N)CCC3)no2)n[nH]1.Cl. The minimum atomic E-state index is -0.383. The lowest BCUT2D eigenvalue weighted by atomic mass is 9.77. The van der Waals surface area contributed by atoms with Crippen LogP contribution in [0, 0.1) is 0 Å². The molecule has 0 radical (unpaired) electrons. The first kappa shape index (κ1) is 13.0. The molecule has 0 amide bonds. The number of H-pyrrole nitrogens is 1. The molecule has 0 aromatic carbocycles. The Balaban J connectivity index is 0.00000120. The molecule has 0 unspecified atom stereocenters. The number of aromatic amines is 1. The molecule has 2 heterocycles. The molecule has 1 saturated carbocycles. The summed E-state index contributed by atoms with van der Waals surface area (Å²) in [5, 5.41) is 11.0. The third kappa shape index (κ3) is 2.02. The highest BCUT2D eigenvalue weighted by Gasteiger charge is 2.39. The number of nitrogens with one attached hydrogen (secondary N) is 1. The highest BCUT2D eigenvalue weighted by molar-refractivity contribution is 5.85. The predicted molar refractivity (Wildman–Crippen MR) is 68.2 cm³/mol. The Hall–Kier alpha value is -1.40. The Morgan fingerprint density at radius 1 is 1.50 bits per heavy atom. The first-order valence-electron chi connectivity index (χ1n) is 5.89. The van der Waals surface area contributed by atoms with Gasteiger partial charge in [-0.3, -0.25) is 5.10 Å². The van der Waals surface area contributed by atoms with Crippen LogP contribution in [0.2, 0.25) is 0 Å². The van der Waals surface area contributed by atoms with E-state index in [1.165, 1.54) is 0 Å². The Bertz CT molecular complexity index is 531. The van der Waals surface area contributed by atoms with Crippen molar-refractivity contribution < 1.29 is 4.52 Å². The Morgan fingerprint density at radius 3 is 2.83 bits per heavy atom. The molecule has 0 spiro atoms. The summed E-state index contributed by atoms with van der Waals surface area (Å²) in [5.41, 5.74) is 7.48. The van der Waals surface area contributed by atoms with E-state index in [1.807, 2.05) is 6.07 Å². The van der Waals surface area contributed by atoms with Crippen LogP contribution in [0.3, 0.4) is 0 Å². The molecule has 0 aliphatic heterocycles. The fraction of sp³-hybridized carbons (Fsp3) is 0.545. The molecular weight excluding hydrogens is 254 g/mol. The summed E-state index contributed by atoms with van der Waals surface area (Å²) in [4.78, 5) is 4.34. The van der Waals surface area contributed by atoms with Gasteiger partial charge in [-0.1, -0.05) is 12.1 Å². The summed E-state index contributed by atoms with van der Waals surface area (Å²) < 4.78 is 5.21. The summed E-state index contributed by atoms with van der Waals surface area (Å²) in [6.07, 6.45) is 3.87. The van der Waals surface area contributed by atoms with E-state index in [4.69, 9.17) is 10.3 Å². The maximum Gasteiger partial charge on any atom is 0.278 e. The lowest BCUT2D eigenvalue weighted by Crippen LogP contribution is -2.44. The Morgan fingerprint density at radius 2 is 2.28 bits per heavy atom. The molecule has 0 atom stereocenters. The largest absolute Gasteiger partial charge is 0.332 e. The number of rotatable bonds is 3. The van der Waals surface area contributed by atoms with Crippen molar-refractivity contribution >= 4 is 12.4 Å². The van der Waals surface area contributed by atoms with Crippen molar-refractivity contribution in [2.24, 2.45) is 5.73 Å². The van der Waals surface area contributed by atoms with Gasteiger partial charge in [0.25, 0.3) is 5.89 Å². The summed E-state index contributed by atoms with van der Waals surface area (Å²) in [7, 11) is 0. The zero-order valence-electron chi connectivity index (χ0n) is 10.1. The van der Waals surface area contributed by atoms with E-state index in [9.17, 15) is 0 Å². The average Bonchev–Trinajstić information content (AvgIpc) is 2.94. The van der Waals surface area contributed by atoms with Crippen molar-refractivity contribution in [3.05, 3.63) is 17.6 Å². The van der Waals surface area contributed by atoms with E-state index in [1.54, 1.807) is 0 Å². The second kappa shape index (κ2) is 4.70. The summed E-state index contributed by atoms with van der Waals surface area (Å²) in [6.45, 7) is 2.06. The Labute approximate surface area is 111 Å². The van der Waals surface area contributed by atoms with Crippen LogP contribution in [0.1, 0.15) is 37.7 Å². The van der Waals surface area contributed by atoms with Crippen LogP contribution in [-0.4, -0.2) is 20.3 Å². The normalized spacial score (nSPS) is 17.0. The number of nitrogens with zero attached hydrogens (tertiary/aromatic N) is 3. The van der Waals surface area contributed by atoms with Crippen molar-refractivity contribution in [2.45, 2.75) is 38.1 Å². The topological polar surface area (TPSA) is 93.6 Å². The van der Waals surface area contributed by atoms with Crippen LogP contribution in [-0.2, 0) is 12.0 Å². The van der Waals surface area contributed by atoms with Gasteiger partial charge in [-0.2, -0.15) is 10.1 Å². The van der Waals surface area contributed by atoms with Crippen LogP contribution in [0.5, 0.6) is 0 Å². The second-order valence-electron chi connectivity index (χ2n) is 4.56. The van der Waals surface area contributed by atoms with Gasteiger partial charge in [0.15, 0.2) is 11.5 Å². The molecule has 18 heavy (non-hydrogen) atoms. The molecule has 3 rings (SSSR count). The fourth-order valence-corrected chi connectivity index (χ4v) is 1.96. The van der Waals surface area contributed by atoms with Gasteiger partial charge in [0.1, 0.15) is 0 Å². The lowest BCUT2D eigenvalue weighted by Gasteiger charge is -2.34. The third-order valence-electron chi connectivity index (χ3n) is 3.35. The average molecular weight is 270 g/mol. The molecular formula is C11H16ClN5O. The van der Waals surface area contributed by atoms with Crippen molar-refractivity contribution in [3.63, 3.8) is 0 Å². The van der Waals surface area contributed by atoms with Crippen molar-refractivity contribution in [1.82, 2.24) is 20.3 Å². The fourth-order valence-electron chi connectivity index (χ4n) is 1.96. The minimum absolute atomic E-state index is 0. The number of aryl methyl sites for hydroxylation is 1. The highest BCUT2D eigenvalue weighted by Crippen LogP contribution is 2.37. The van der Waals surface area contributed by atoms with Crippen molar-refractivity contribution in [2.75, 3.05) is 0 Å². The number of hydrogen-bond acceptors (Lipinski definition) is 5. The van der Waals surface area contributed by atoms with Gasteiger partial charge < -0.3 is 10.3 Å². The monoisotopic (exact) mass is 269 g/mol. The summed E-state index contributed by atoms with van der Waals surface area (Å²) in [5.74, 6) is 1.03. The number of aromatic nitrogens is 4. The lowest BCUT2D eigenvalue weighted by molar-refractivity contribution is 0.229. The second-order valence-corrected chi connectivity index (χ2v) is 4.56. The van der Waals surface area contributed by atoms with E-state index >= 15 is 0 Å². The van der Waals surface area contributed by atoms with E-state index in [-0.39, 0.29) is 17.9 Å². The highest BCUT2D eigenvalue weighted by atomic mass is 35.5. The molecule has 1 aliphatic rings. The van der Waals surface area contributed by atoms with Crippen LogP contribution in [0.25, 0.3) is 11.6 Å². The van der Waals surface area contributed by atoms with Gasteiger partial charge >= 0.3 is 0 Å². The molecule has 2 aromatic rings. The van der Waals surface area contributed by atoms with Gasteiger partial charge in [-0.25, -0.2) is 0 Å². The van der Waals surface area contributed by atoms with Crippen molar-refractivity contribution in [1.29, 1.82) is 0 Å². The van der Waals surface area contributed by atoms with E-state index in [2.05, 4.69) is 27.3 Å². The van der Waals surface area contributed by atoms with Gasteiger partial charge in [0.05, 0.1) is 5.54 Å². The van der Waals surface area contributed by atoms with E-state index in [0.29, 0.717) is 17.4 Å². The summed E-state index contributed by atoms with van der Waals surface area (Å²) >= 11 is 0. The molecule has 6 nitrogen and oxygen atoms in total. The van der Waals surface area contributed by atoms with E-state index in [0.717, 1.165) is 31.4 Å². The third-order valence-corrected chi connectivity index (χ3v) is 3.35. The minimum Gasteiger partial charge on any atom is -0.332 e. The number of hydrogen-bond donors (Lipinski definition) is 2. The quantitative estimate of drug-likeness (QED) is 0.886. The van der Waals surface area contributed by atoms with Crippen LogP contribution in [0.4, 0.5) is 0 Å². The molecule has 7 heteroatoms. The predicted octanol–water partition coefficient (Wildman–Crippen LogP) is 1.78. The molecule has 2 aromatic heterocycles. The summed E-state index contributed by atoms with van der Waals surface area (Å²) in [6, 6.07) is 1.92. The smallest absolute Gasteiger partial charge is 0.278 e. The maximum atomic E-state index is 6.13. The maximum absolute atomic E-state index is 6.13. The molecule has 0 saturated heterocycles. The first-order valence-corrected chi connectivity index (χ1v) is 5.89. The zero-order chi connectivity index (χ0) is 11.9. The van der Waals surface area contributed by atoms with E-state index < -0.39 is 0 Å². The van der Waals surface area contributed by atoms with Crippen molar-refractivity contribution in [3.8, 4) is 11.6 Å². The molecule has 3 N–H and O–H groups in total. The number of nitrogens with two attached hydrogens (primary N) is 1. The number of halogens is 1.